The number of esters is 1. The second kappa shape index (κ2) is 11.5. The molecule has 2 atom stereocenters. The van der Waals surface area contributed by atoms with Crippen molar-refractivity contribution in [3.63, 3.8) is 0 Å². The molecule has 0 fully saturated rings. The quantitative estimate of drug-likeness (QED) is 0.387. The van der Waals surface area contributed by atoms with Crippen LogP contribution in [-0.4, -0.2) is 68.2 Å². The number of aliphatic hydroxyl groups excluding tert-OH is 1. The van der Waals surface area contributed by atoms with E-state index in [2.05, 4.69) is 20.3 Å². The molecular formula is C20H29N5O7. The van der Waals surface area contributed by atoms with Crippen LogP contribution in [0.25, 0.3) is 11.2 Å². The molecule has 12 nitrogen and oxygen atoms in total. The van der Waals surface area contributed by atoms with Crippen molar-refractivity contribution < 1.29 is 29.0 Å². The van der Waals surface area contributed by atoms with Gasteiger partial charge in [0.25, 0.3) is 5.56 Å². The van der Waals surface area contributed by atoms with Gasteiger partial charge in [-0.1, -0.05) is 13.8 Å². The average Bonchev–Trinajstić information content (AvgIpc) is 3.14. The summed E-state index contributed by atoms with van der Waals surface area (Å²) < 4.78 is 12.2. The van der Waals surface area contributed by atoms with Crippen LogP contribution in [0.3, 0.4) is 0 Å². The first-order valence-corrected chi connectivity index (χ1v) is 10.2. The fourth-order valence-corrected chi connectivity index (χ4v) is 2.87. The molecule has 0 aliphatic rings. The molecule has 176 valence electrons. The Morgan fingerprint density at radius 2 is 1.97 bits per heavy atom. The lowest BCUT2D eigenvalue weighted by atomic mass is 10.1. The summed E-state index contributed by atoms with van der Waals surface area (Å²) in [6, 6.07) is 0. The molecule has 0 aliphatic heterocycles. The lowest BCUT2D eigenvalue weighted by molar-refractivity contribution is -0.159. The molecule has 0 aliphatic carbocycles. The number of H-pyrrole nitrogens is 1. The van der Waals surface area contributed by atoms with Crippen molar-refractivity contribution in [1.29, 1.82) is 0 Å². The summed E-state index contributed by atoms with van der Waals surface area (Å²) in [5, 5.41) is 12.1. The zero-order chi connectivity index (χ0) is 23.8. The third-order valence-corrected chi connectivity index (χ3v) is 4.76. The lowest BCUT2D eigenvalue weighted by Gasteiger charge is -2.24. The number of nitrogens with zero attached hydrogens (tertiary/aromatic N) is 3. The predicted molar refractivity (Wildman–Crippen MR) is 114 cm³/mol. The first kappa shape index (κ1) is 25.1. The number of Topliss-reactive ketones (excluding diaryl/α,β-unsaturated/α-hetero) is 1. The molecule has 0 unspecified atom stereocenters. The first-order chi connectivity index (χ1) is 15.2. The Hall–Kier alpha value is -3.12. The van der Waals surface area contributed by atoms with Crippen LogP contribution in [-0.2, 0) is 30.4 Å². The third kappa shape index (κ3) is 6.69. The van der Waals surface area contributed by atoms with Crippen molar-refractivity contribution in [1.82, 2.24) is 19.5 Å². The number of ketones is 1. The minimum Gasteiger partial charge on any atom is -0.459 e. The molecule has 1 amide bonds. The van der Waals surface area contributed by atoms with Gasteiger partial charge in [0.05, 0.1) is 19.4 Å². The second-order valence-corrected chi connectivity index (χ2v) is 7.64. The molecule has 0 aromatic carbocycles. The number of methoxy groups -OCH3 is 1. The third-order valence-electron chi connectivity index (χ3n) is 4.76. The van der Waals surface area contributed by atoms with E-state index in [9.17, 15) is 24.3 Å². The van der Waals surface area contributed by atoms with Crippen molar-refractivity contribution in [3.05, 3.63) is 16.7 Å². The van der Waals surface area contributed by atoms with E-state index < -0.39 is 23.7 Å². The maximum atomic E-state index is 12.3. The summed E-state index contributed by atoms with van der Waals surface area (Å²) in [6.07, 6.45) is 0.0469. The van der Waals surface area contributed by atoms with Crippen molar-refractivity contribution in [3.8, 4) is 0 Å². The number of hydrogen-bond acceptors (Lipinski definition) is 9. The molecule has 0 bridgehead atoms. The van der Waals surface area contributed by atoms with Crippen LogP contribution < -0.4 is 10.9 Å². The number of rotatable bonds is 12. The Kier molecular flexibility index (Phi) is 9.02. The zero-order valence-electron chi connectivity index (χ0n) is 18.6. The van der Waals surface area contributed by atoms with Gasteiger partial charge in [-0.15, -0.1) is 0 Å². The van der Waals surface area contributed by atoms with Gasteiger partial charge in [-0.25, -0.2) is 4.98 Å². The Bertz CT molecular complexity index is 1010. The summed E-state index contributed by atoms with van der Waals surface area (Å²) in [6.45, 7) is 4.65. The van der Waals surface area contributed by atoms with E-state index in [1.165, 1.54) is 20.4 Å². The van der Waals surface area contributed by atoms with Gasteiger partial charge in [0, 0.05) is 32.4 Å². The van der Waals surface area contributed by atoms with Gasteiger partial charge in [0.1, 0.15) is 18.0 Å². The van der Waals surface area contributed by atoms with Crippen molar-refractivity contribution in [2.45, 2.75) is 58.8 Å². The monoisotopic (exact) mass is 451 g/mol. The summed E-state index contributed by atoms with van der Waals surface area (Å²) in [4.78, 5) is 58.2. The number of carbonyl (C=O) groups is 3. The number of aromatic amines is 1. The number of aliphatic hydroxyl groups is 1. The molecule has 0 saturated heterocycles. The van der Waals surface area contributed by atoms with Gasteiger partial charge in [0.2, 0.25) is 11.9 Å². The van der Waals surface area contributed by atoms with Crippen LogP contribution in [0.15, 0.2) is 11.1 Å². The number of amides is 1. The Morgan fingerprint density at radius 3 is 2.56 bits per heavy atom. The van der Waals surface area contributed by atoms with Gasteiger partial charge >= 0.3 is 5.97 Å². The normalized spacial score (nSPS) is 13.2. The van der Waals surface area contributed by atoms with E-state index >= 15 is 0 Å². The van der Waals surface area contributed by atoms with Crippen molar-refractivity contribution >= 4 is 34.8 Å². The highest BCUT2D eigenvalue weighted by molar-refractivity contribution is 5.91. The number of ether oxygens (including phenoxy) is 2. The summed E-state index contributed by atoms with van der Waals surface area (Å²) >= 11 is 0. The van der Waals surface area contributed by atoms with Crippen LogP contribution in [0.1, 0.15) is 40.0 Å². The lowest BCUT2D eigenvalue weighted by Crippen LogP contribution is -2.36. The Morgan fingerprint density at radius 1 is 1.25 bits per heavy atom. The van der Waals surface area contributed by atoms with E-state index in [1.54, 1.807) is 18.4 Å². The number of aryl methyl sites for hydroxylation is 1. The van der Waals surface area contributed by atoms with Gasteiger partial charge in [0.15, 0.2) is 11.2 Å². The molecule has 2 rings (SSSR count). The number of hydrogen-bond donors (Lipinski definition) is 3. The number of fused-ring (bicyclic) bond motifs is 1. The van der Waals surface area contributed by atoms with Gasteiger partial charge in [-0.3, -0.25) is 24.7 Å². The molecule has 12 heteroatoms. The topological polar surface area (TPSA) is 165 Å². The van der Waals surface area contributed by atoms with Gasteiger partial charge < -0.3 is 23.9 Å². The Balaban J connectivity index is 2.20. The van der Waals surface area contributed by atoms with Crippen molar-refractivity contribution in [2.24, 2.45) is 5.92 Å². The fraction of sp³-hybridized carbons (Fsp3) is 0.600. The smallest absolute Gasteiger partial charge is 0.306 e. The summed E-state index contributed by atoms with van der Waals surface area (Å²) in [7, 11) is 1.38. The largest absolute Gasteiger partial charge is 0.459 e. The van der Waals surface area contributed by atoms with E-state index in [0.29, 0.717) is 0 Å². The van der Waals surface area contributed by atoms with E-state index in [-0.39, 0.29) is 67.1 Å². The van der Waals surface area contributed by atoms with Crippen LogP contribution in [0.2, 0.25) is 0 Å². The van der Waals surface area contributed by atoms with Gasteiger partial charge in [-0.2, -0.15) is 4.98 Å². The minimum atomic E-state index is -0.802. The van der Waals surface area contributed by atoms with Crippen LogP contribution in [0.5, 0.6) is 0 Å². The summed E-state index contributed by atoms with van der Waals surface area (Å²) in [5.41, 5.74) is -0.175. The van der Waals surface area contributed by atoms with E-state index in [4.69, 9.17) is 9.47 Å². The predicted octanol–water partition coefficient (Wildman–Crippen LogP) is 0.392. The maximum absolute atomic E-state index is 12.3. The molecule has 0 radical (unpaired) electrons. The highest BCUT2D eigenvalue weighted by atomic mass is 16.6. The Labute approximate surface area is 184 Å². The zero-order valence-corrected chi connectivity index (χ0v) is 18.6. The maximum Gasteiger partial charge on any atom is 0.306 e. The number of carbonyl (C=O) groups excluding carboxylic acids is 3. The van der Waals surface area contributed by atoms with Crippen LogP contribution in [0, 0.1) is 5.92 Å². The van der Waals surface area contributed by atoms with Crippen molar-refractivity contribution in [2.75, 3.05) is 19.0 Å². The number of anilines is 1. The first-order valence-electron chi connectivity index (χ1n) is 10.2. The second-order valence-electron chi connectivity index (χ2n) is 7.64. The molecule has 2 heterocycles. The van der Waals surface area contributed by atoms with Crippen LogP contribution in [0.4, 0.5) is 5.95 Å². The molecule has 0 spiro atoms. The summed E-state index contributed by atoms with van der Waals surface area (Å²) in [5.74, 6) is -1.32. The van der Waals surface area contributed by atoms with Gasteiger partial charge in [-0.05, 0) is 6.92 Å². The highest BCUT2D eigenvalue weighted by Gasteiger charge is 2.25. The SMILES string of the molecule is CO[C@H](CO)[C@H](CCn1cnc2c(=O)[nH]c(NC(=O)C(C)C)nc21)OC(=O)CCC(C)=O. The number of aromatic nitrogens is 4. The molecule has 2 aromatic rings. The average molecular weight is 451 g/mol. The highest BCUT2D eigenvalue weighted by Crippen LogP contribution is 2.15. The molecule has 3 N–H and O–H groups in total. The van der Waals surface area contributed by atoms with E-state index in [0.717, 1.165) is 0 Å². The number of imidazole rings is 1. The minimum absolute atomic E-state index is 0.000266. The van der Waals surface area contributed by atoms with E-state index in [1.807, 2.05) is 0 Å². The van der Waals surface area contributed by atoms with Crippen LogP contribution >= 0.6 is 0 Å². The molecule has 0 saturated carbocycles. The standard InChI is InChI=1S/C20H29N5O7/c1-11(2)18(29)23-20-22-17-16(19(30)24-20)21-10-25(17)8-7-13(14(9-26)31-4)32-15(28)6-5-12(3)27/h10-11,13-14,26H,5-9H2,1-4H3,(H2,22,23,24,29,30)/t13-,14+/m0/s1. The molecular weight excluding hydrogens is 422 g/mol. The fourth-order valence-electron chi connectivity index (χ4n) is 2.87. The molecule has 32 heavy (non-hydrogen) atoms. The number of nitrogens with one attached hydrogen (secondary N) is 2. The molecule has 2 aromatic heterocycles.